The summed E-state index contributed by atoms with van der Waals surface area (Å²) in [5.41, 5.74) is 1.04. The number of amides is 4. The Hall–Kier alpha value is -5.58. The number of hydrogen-bond donors (Lipinski definition) is 6. The predicted octanol–water partition coefficient (Wildman–Crippen LogP) is -2.90. The average Bonchev–Trinajstić information content (AvgIpc) is 3.50. The van der Waals surface area contributed by atoms with Gasteiger partial charge in [0.05, 0.1) is 17.1 Å². The SMILES string of the molecule is Cn1c(-c2cc(=O)c(O)c[nH]2)nn(S(=O)(=O)NC(=O)N2C[C@H](NC(=O)/C(=N\OC(C)(C)C(=O)O)c3cnc(N)s3)C2=O)c1=O. The Morgan fingerprint density at radius 2 is 1.95 bits per heavy atom. The summed E-state index contributed by atoms with van der Waals surface area (Å²) in [6.45, 7) is 1.83. The van der Waals surface area contributed by atoms with Crippen LogP contribution in [0.5, 0.6) is 5.75 Å². The Bertz CT molecular complexity index is 1950. The number of nitrogens with one attached hydrogen (secondary N) is 3. The van der Waals surface area contributed by atoms with Gasteiger partial charge >= 0.3 is 27.9 Å². The van der Waals surface area contributed by atoms with E-state index in [0.717, 1.165) is 41.4 Å². The lowest BCUT2D eigenvalue weighted by atomic mass is 10.1. The highest BCUT2D eigenvalue weighted by molar-refractivity contribution is 7.88. The highest BCUT2D eigenvalue weighted by Gasteiger charge is 2.44. The summed E-state index contributed by atoms with van der Waals surface area (Å²) in [5.74, 6) is -4.45. The molecule has 23 heteroatoms. The molecular weight excluding hydrogens is 632 g/mol. The molecule has 0 aromatic carbocycles. The molecule has 4 rings (SSSR count). The number of aromatic hydroxyl groups is 1. The minimum atomic E-state index is -5.03. The van der Waals surface area contributed by atoms with Crippen molar-refractivity contribution in [1.82, 2.24) is 38.7 Å². The van der Waals surface area contributed by atoms with Crippen LogP contribution in [0.2, 0.25) is 0 Å². The molecule has 0 spiro atoms. The van der Waals surface area contributed by atoms with Crippen LogP contribution in [0, 0.1) is 0 Å². The number of nitrogen functional groups attached to an aromatic ring is 1. The maximum atomic E-state index is 12.9. The molecule has 7 N–H and O–H groups in total. The normalized spacial score (nSPS) is 15.4. The number of imide groups is 1. The molecule has 1 aliphatic heterocycles. The molecule has 4 amide bonds. The molecule has 0 unspecified atom stereocenters. The van der Waals surface area contributed by atoms with E-state index in [2.05, 4.69) is 25.5 Å². The van der Waals surface area contributed by atoms with E-state index in [9.17, 15) is 47.4 Å². The quantitative estimate of drug-likeness (QED) is 0.0766. The van der Waals surface area contributed by atoms with Gasteiger partial charge in [0.2, 0.25) is 11.0 Å². The molecule has 0 bridgehead atoms. The van der Waals surface area contributed by atoms with Gasteiger partial charge in [-0.1, -0.05) is 20.6 Å². The Morgan fingerprint density at radius 1 is 1.27 bits per heavy atom. The first kappa shape index (κ1) is 31.4. The van der Waals surface area contributed by atoms with Gasteiger partial charge in [-0.15, -0.1) is 5.10 Å². The molecule has 0 radical (unpaired) electrons. The van der Waals surface area contributed by atoms with E-state index in [4.69, 9.17) is 10.6 Å². The van der Waals surface area contributed by atoms with Crippen LogP contribution in [-0.2, 0) is 36.5 Å². The lowest BCUT2D eigenvalue weighted by Gasteiger charge is -2.36. The number of rotatable bonds is 9. The number of carbonyl (C=O) groups excluding carboxylic acids is 3. The summed E-state index contributed by atoms with van der Waals surface area (Å²) in [5, 5.41) is 28.2. The summed E-state index contributed by atoms with van der Waals surface area (Å²) in [6, 6.07) is -1.96. The molecule has 44 heavy (non-hydrogen) atoms. The Kier molecular flexibility index (Phi) is 8.02. The number of likely N-dealkylation sites (tertiary alicyclic amines) is 1. The van der Waals surface area contributed by atoms with Crippen molar-refractivity contribution < 1.29 is 42.6 Å². The van der Waals surface area contributed by atoms with Gasteiger partial charge < -0.3 is 31.1 Å². The predicted molar refractivity (Wildman–Crippen MR) is 148 cm³/mol. The first-order valence-electron chi connectivity index (χ1n) is 11.9. The third kappa shape index (κ3) is 5.98. The third-order valence-corrected chi connectivity index (χ3v) is 7.82. The van der Waals surface area contributed by atoms with E-state index < -0.39 is 74.8 Å². The molecule has 234 valence electrons. The van der Waals surface area contributed by atoms with Crippen LogP contribution >= 0.6 is 11.3 Å². The number of pyridine rings is 1. The highest BCUT2D eigenvalue weighted by Crippen LogP contribution is 2.19. The summed E-state index contributed by atoms with van der Waals surface area (Å²) in [6.07, 6.45) is 2.06. The molecule has 0 saturated carbocycles. The molecule has 0 aliphatic carbocycles. The summed E-state index contributed by atoms with van der Waals surface area (Å²) in [7, 11) is -3.90. The Labute approximate surface area is 248 Å². The van der Waals surface area contributed by atoms with Crippen LogP contribution in [0.4, 0.5) is 9.93 Å². The number of carboxylic acid groups (broad SMARTS) is 1. The second-order valence-corrected chi connectivity index (χ2v) is 12.0. The van der Waals surface area contributed by atoms with Gasteiger partial charge in [-0.3, -0.25) is 23.9 Å². The Balaban J connectivity index is 1.46. The van der Waals surface area contributed by atoms with E-state index in [-0.39, 0.29) is 25.6 Å². The lowest BCUT2D eigenvalue weighted by molar-refractivity contribution is -0.161. The molecular formula is C21H22N10O11S2. The second kappa shape index (κ2) is 11.3. The van der Waals surface area contributed by atoms with Crippen LogP contribution < -0.4 is 26.9 Å². The van der Waals surface area contributed by atoms with Crippen molar-refractivity contribution in [2.45, 2.75) is 25.5 Å². The van der Waals surface area contributed by atoms with Crippen molar-refractivity contribution in [3.63, 3.8) is 0 Å². The number of anilines is 1. The summed E-state index contributed by atoms with van der Waals surface area (Å²) in [4.78, 5) is 85.5. The number of H-pyrrole nitrogens is 1. The first-order chi connectivity index (χ1) is 20.4. The zero-order valence-corrected chi connectivity index (χ0v) is 24.3. The number of carboxylic acids is 1. The van der Waals surface area contributed by atoms with Crippen LogP contribution in [0.25, 0.3) is 11.5 Å². The maximum absolute atomic E-state index is 12.9. The number of nitrogens with two attached hydrogens (primary N) is 1. The molecule has 1 saturated heterocycles. The largest absolute Gasteiger partial charge is 0.503 e. The number of β-lactam (4-membered cyclic amide) rings is 1. The number of nitrogens with zero attached hydrogens (tertiary/aromatic N) is 6. The standard InChI is InChI=1S/C21H22N10O11S2/c1-21(2,17(36)37)42-27-13(12-6-24-18(22)43-12)15(34)25-9-7-30(16(9)35)19(38)28-44(40,41)31-20(39)29(3)14(26-31)8-4-10(32)11(33)5-23-8/h4-6,9,33H,7H2,1-3H3,(H2,22,24)(H,23,32)(H,25,34)(H,28,38)(H,36,37)/b27-13-/t9-/m0/s1. The molecule has 1 fully saturated rings. The number of thiazole rings is 1. The maximum Gasteiger partial charge on any atom is 0.361 e. The van der Waals surface area contributed by atoms with E-state index in [1.54, 1.807) is 0 Å². The van der Waals surface area contributed by atoms with Crippen LogP contribution in [0.3, 0.4) is 0 Å². The Morgan fingerprint density at radius 3 is 2.52 bits per heavy atom. The monoisotopic (exact) mass is 654 g/mol. The van der Waals surface area contributed by atoms with Crippen LogP contribution in [-0.4, -0.2) is 95.0 Å². The fourth-order valence-electron chi connectivity index (χ4n) is 3.35. The number of urea groups is 1. The number of aromatic amines is 1. The molecule has 3 aromatic heterocycles. The van der Waals surface area contributed by atoms with E-state index in [1.165, 1.54) is 18.6 Å². The van der Waals surface area contributed by atoms with Gasteiger partial charge in [0.1, 0.15) is 6.04 Å². The van der Waals surface area contributed by atoms with Crippen molar-refractivity contribution >= 4 is 56.2 Å². The number of oxime groups is 1. The average molecular weight is 655 g/mol. The minimum absolute atomic E-state index is 0.0391. The zero-order chi connectivity index (χ0) is 32.7. The van der Waals surface area contributed by atoms with Crippen molar-refractivity contribution in [2.75, 3.05) is 12.3 Å². The smallest absolute Gasteiger partial charge is 0.361 e. The topological polar surface area (TPSA) is 303 Å². The summed E-state index contributed by atoms with van der Waals surface area (Å²) >= 11 is 0.807. The van der Waals surface area contributed by atoms with Gasteiger partial charge in [0.15, 0.2) is 22.4 Å². The van der Waals surface area contributed by atoms with Gasteiger partial charge in [-0.05, 0) is 13.8 Å². The van der Waals surface area contributed by atoms with Crippen molar-refractivity contribution in [3.05, 3.63) is 44.0 Å². The van der Waals surface area contributed by atoms with Gasteiger partial charge in [-0.25, -0.2) is 24.1 Å². The highest BCUT2D eigenvalue weighted by atomic mass is 32.2. The fourth-order valence-corrected chi connectivity index (χ4v) is 4.94. The molecule has 3 aromatic rings. The first-order valence-corrected chi connectivity index (χ1v) is 14.2. The third-order valence-electron chi connectivity index (χ3n) is 5.86. The number of aliphatic carboxylic acids is 1. The van der Waals surface area contributed by atoms with E-state index in [1.807, 2.05) is 0 Å². The lowest BCUT2D eigenvalue weighted by Crippen LogP contribution is -2.68. The van der Waals surface area contributed by atoms with Gasteiger partial charge in [-0.2, -0.15) is 8.42 Å². The summed E-state index contributed by atoms with van der Waals surface area (Å²) < 4.78 is 27.7. The van der Waals surface area contributed by atoms with Gasteiger partial charge in [0, 0.05) is 25.5 Å². The van der Waals surface area contributed by atoms with E-state index >= 15 is 0 Å². The molecule has 1 aliphatic rings. The number of aromatic nitrogens is 5. The van der Waals surface area contributed by atoms with Crippen molar-refractivity contribution in [3.8, 4) is 17.3 Å². The number of carbonyl (C=O) groups is 4. The van der Waals surface area contributed by atoms with Crippen LogP contribution in [0.15, 0.2) is 33.2 Å². The fraction of sp³-hybridized carbons (Fsp3) is 0.286. The second-order valence-electron chi connectivity index (χ2n) is 9.40. The zero-order valence-electron chi connectivity index (χ0n) is 22.7. The molecule has 4 heterocycles. The van der Waals surface area contributed by atoms with E-state index in [0.29, 0.717) is 4.90 Å². The molecule has 21 nitrogen and oxygen atoms in total. The van der Waals surface area contributed by atoms with Crippen molar-refractivity contribution in [2.24, 2.45) is 12.2 Å². The van der Waals surface area contributed by atoms with Crippen molar-refractivity contribution in [1.29, 1.82) is 0 Å². The van der Waals surface area contributed by atoms with Gasteiger partial charge in [0.25, 0.3) is 11.8 Å². The number of hydrogen-bond acceptors (Lipinski definition) is 15. The molecule has 1 atom stereocenters. The minimum Gasteiger partial charge on any atom is -0.503 e. The van der Waals surface area contributed by atoms with Crippen LogP contribution in [0.1, 0.15) is 18.7 Å².